The van der Waals surface area contributed by atoms with E-state index in [-0.39, 0.29) is 6.79 Å². The second-order valence-corrected chi connectivity index (χ2v) is 3.43. The van der Waals surface area contributed by atoms with Gasteiger partial charge in [-0.2, -0.15) is 0 Å². The van der Waals surface area contributed by atoms with Crippen molar-refractivity contribution in [3.8, 4) is 0 Å². The molecule has 1 fully saturated rings. The average molecular weight is 200 g/mol. The summed E-state index contributed by atoms with van der Waals surface area (Å²) in [6, 6.07) is 0. The Balaban J connectivity index is 1.88. The lowest BCUT2D eigenvalue weighted by atomic mass is 10.1. The molecule has 4 nitrogen and oxygen atoms in total. The van der Waals surface area contributed by atoms with Gasteiger partial charge in [0.05, 0.1) is 19.8 Å². The summed E-state index contributed by atoms with van der Waals surface area (Å²) in [5.41, 5.74) is 0.390. The summed E-state index contributed by atoms with van der Waals surface area (Å²) in [4.78, 5) is 10.9. The van der Waals surface area contributed by atoms with E-state index in [1.165, 1.54) is 0 Å². The molecule has 0 aliphatic carbocycles. The molecular formula is C10H16O4. The average Bonchev–Trinajstić information content (AvgIpc) is 2.07. The Morgan fingerprint density at radius 1 is 1.57 bits per heavy atom. The molecule has 0 bridgehead atoms. The molecule has 0 aromatic heterocycles. The van der Waals surface area contributed by atoms with Crippen LogP contribution in [0.3, 0.4) is 0 Å². The van der Waals surface area contributed by atoms with E-state index in [2.05, 4.69) is 6.58 Å². The van der Waals surface area contributed by atoms with Gasteiger partial charge in [0, 0.05) is 11.5 Å². The number of ether oxygens (including phenoxy) is 3. The van der Waals surface area contributed by atoms with Crippen LogP contribution in [0.15, 0.2) is 12.2 Å². The van der Waals surface area contributed by atoms with Crippen molar-refractivity contribution in [3.63, 3.8) is 0 Å². The Kier molecular flexibility index (Phi) is 4.62. The fourth-order valence-corrected chi connectivity index (χ4v) is 0.978. The zero-order valence-corrected chi connectivity index (χ0v) is 8.45. The predicted molar refractivity (Wildman–Crippen MR) is 50.7 cm³/mol. The van der Waals surface area contributed by atoms with Crippen molar-refractivity contribution in [3.05, 3.63) is 12.2 Å². The van der Waals surface area contributed by atoms with E-state index in [1.807, 2.05) is 0 Å². The van der Waals surface area contributed by atoms with Crippen LogP contribution in [0, 0.1) is 5.92 Å². The van der Waals surface area contributed by atoms with Crippen molar-refractivity contribution in [1.82, 2.24) is 0 Å². The molecule has 0 unspecified atom stereocenters. The highest BCUT2D eigenvalue weighted by molar-refractivity contribution is 5.86. The van der Waals surface area contributed by atoms with Crippen LogP contribution in [0.1, 0.15) is 13.3 Å². The minimum absolute atomic E-state index is 0.0132. The maximum Gasteiger partial charge on any atom is 0.335 e. The summed E-state index contributed by atoms with van der Waals surface area (Å²) >= 11 is 0. The number of hydrogen-bond donors (Lipinski definition) is 0. The molecule has 1 aliphatic heterocycles. The van der Waals surface area contributed by atoms with E-state index in [1.54, 1.807) is 6.92 Å². The van der Waals surface area contributed by atoms with Crippen molar-refractivity contribution in [1.29, 1.82) is 0 Å². The first kappa shape index (κ1) is 11.2. The SMILES string of the molecule is C=C(C)C(=O)OCOCCC1COC1. The number of esters is 1. The molecule has 0 aromatic carbocycles. The van der Waals surface area contributed by atoms with Gasteiger partial charge in [0.1, 0.15) is 0 Å². The molecule has 0 spiro atoms. The first-order chi connectivity index (χ1) is 6.70. The zero-order valence-electron chi connectivity index (χ0n) is 8.45. The van der Waals surface area contributed by atoms with Crippen LogP contribution in [0.5, 0.6) is 0 Å². The van der Waals surface area contributed by atoms with Crippen LogP contribution >= 0.6 is 0 Å². The Labute approximate surface area is 83.8 Å². The first-order valence-electron chi connectivity index (χ1n) is 4.68. The van der Waals surface area contributed by atoms with Crippen LogP contribution in [0.4, 0.5) is 0 Å². The van der Waals surface area contributed by atoms with Crippen LogP contribution in [-0.4, -0.2) is 32.6 Å². The van der Waals surface area contributed by atoms with Crippen molar-refractivity contribution in [2.24, 2.45) is 5.92 Å². The third kappa shape index (κ3) is 3.89. The van der Waals surface area contributed by atoms with Crippen molar-refractivity contribution in [2.75, 3.05) is 26.6 Å². The Hall–Kier alpha value is -0.870. The summed E-state index contributed by atoms with van der Waals surface area (Å²) in [5, 5.41) is 0. The molecule has 0 radical (unpaired) electrons. The normalized spacial score (nSPS) is 16.1. The maximum absolute atomic E-state index is 10.9. The largest absolute Gasteiger partial charge is 0.435 e. The molecule has 4 heteroatoms. The smallest absolute Gasteiger partial charge is 0.335 e. The third-order valence-electron chi connectivity index (χ3n) is 2.00. The van der Waals surface area contributed by atoms with Crippen molar-refractivity contribution >= 4 is 5.97 Å². The highest BCUT2D eigenvalue weighted by Gasteiger charge is 2.17. The standard InChI is InChI=1S/C10H16O4/c1-8(2)10(11)14-7-12-4-3-9-5-13-6-9/h9H,1,3-7H2,2H3. The minimum atomic E-state index is -0.406. The summed E-state index contributed by atoms with van der Waals surface area (Å²) in [6.45, 7) is 7.34. The van der Waals surface area contributed by atoms with E-state index in [0.29, 0.717) is 18.1 Å². The lowest BCUT2D eigenvalue weighted by Crippen LogP contribution is -2.28. The van der Waals surface area contributed by atoms with Gasteiger partial charge >= 0.3 is 5.97 Å². The highest BCUT2D eigenvalue weighted by atomic mass is 16.7. The maximum atomic E-state index is 10.9. The molecule has 0 saturated carbocycles. The summed E-state index contributed by atoms with van der Waals surface area (Å²) in [6.07, 6.45) is 0.963. The lowest BCUT2D eigenvalue weighted by molar-refractivity contribution is -0.152. The van der Waals surface area contributed by atoms with E-state index in [9.17, 15) is 4.79 Å². The van der Waals surface area contributed by atoms with Crippen LogP contribution in [0.2, 0.25) is 0 Å². The number of carbonyl (C=O) groups excluding carboxylic acids is 1. The molecule has 80 valence electrons. The van der Waals surface area contributed by atoms with Gasteiger partial charge in [-0.1, -0.05) is 6.58 Å². The quantitative estimate of drug-likeness (QED) is 0.279. The molecule has 0 atom stereocenters. The number of carbonyl (C=O) groups is 1. The Bertz CT molecular complexity index is 208. The van der Waals surface area contributed by atoms with Gasteiger partial charge in [-0.15, -0.1) is 0 Å². The number of hydrogen-bond acceptors (Lipinski definition) is 4. The summed E-state index contributed by atoms with van der Waals surface area (Å²) in [7, 11) is 0. The number of rotatable bonds is 6. The zero-order chi connectivity index (χ0) is 10.4. The summed E-state index contributed by atoms with van der Waals surface area (Å²) < 4.78 is 14.9. The first-order valence-corrected chi connectivity index (χ1v) is 4.68. The molecule has 0 N–H and O–H groups in total. The highest BCUT2D eigenvalue weighted by Crippen LogP contribution is 2.13. The monoisotopic (exact) mass is 200 g/mol. The van der Waals surface area contributed by atoms with Gasteiger partial charge in [-0.25, -0.2) is 4.79 Å². The van der Waals surface area contributed by atoms with Crippen molar-refractivity contribution < 1.29 is 19.0 Å². The second kappa shape index (κ2) is 5.78. The van der Waals surface area contributed by atoms with E-state index < -0.39 is 5.97 Å². The molecular weight excluding hydrogens is 184 g/mol. The van der Waals surface area contributed by atoms with Crippen LogP contribution in [0.25, 0.3) is 0 Å². The molecule has 14 heavy (non-hydrogen) atoms. The van der Waals surface area contributed by atoms with E-state index in [0.717, 1.165) is 19.6 Å². The van der Waals surface area contributed by atoms with Gasteiger partial charge in [0.2, 0.25) is 0 Å². The molecule has 1 rings (SSSR count). The molecule has 1 saturated heterocycles. The molecule has 1 aliphatic rings. The van der Waals surface area contributed by atoms with E-state index in [4.69, 9.17) is 14.2 Å². The van der Waals surface area contributed by atoms with Gasteiger partial charge in [-0.3, -0.25) is 0 Å². The topological polar surface area (TPSA) is 44.8 Å². The second-order valence-electron chi connectivity index (χ2n) is 3.43. The van der Waals surface area contributed by atoms with Gasteiger partial charge in [0.15, 0.2) is 6.79 Å². The third-order valence-corrected chi connectivity index (χ3v) is 2.00. The molecule has 1 heterocycles. The fourth-order valence-electron chi connectivity index (χ4n) is 0.978. The molecule has 0 aromatic rings. The Morgan fingerprint density at radius 2 is 2.29 bits per heavy atom. The summed E-state index contributed by atoms with van der Waals surface area (Å²) in [5.74, 6) is 0.212. The van der Waals surface area contributed by atoms with Gasteiger partial charge in [-0.05, 0) is 13.3 Å². The van der Waals surface area contributed by atoms with Gasteiger partial charge < -0.3 is 14.2 Å². The molecule has 0 amide bonds. The predicted octanol–water partition coefficient (Wildman–Crippen LogP) is 1.12. The Morgan fingerprint density at radius 3 is 2.79 bits per heavy atom. The van der Waals surface area contributed by atoms with Crippen molar-refractivity contribution in [2.45, 2.75) is 13.3 Å². The lowest BCUT2D eigenvalue weighted by Gasteiger charge is -2.25. The van der Waals surface area contributed by atoms with Gasteiger partial charge in [0.25, 0.3) is 0 Å². The minimum Gasteiger partial charge on any atom is -0.435 e. The van der Waals surface area contributed by atoms with Crippen LogP contribution in [-0.2, 0) is 19.0 Å². The fraction of sp³-hybridized carbons (Fsp3) is 0.700. The van der Waals surface area contributed by atoms with Crippen LogP contribution < -0.4 is 0 Å². The van der Waals surface area contributed by atoms with E-state index >= 15 is 0 Å².